The van der Waals surface area contributed by atoms with Crippen molar-refractivity contribution in [2.75, 3.05) is 14.2 Å². The van der Waals surface area contributed by atoms with E-state index in [9.17, 15) is 9.59 Å². The molecule has 0 radical (unpaired) electrons. The number of fused-ring (bicyclic) bond motifs is 2. The van der Waals surface area contributed by atoms with Crippen molar-refractivity contribution in [2.24, 2.45) is 0 Å². The Balaban J connectivity index is 2.25. The lowest BCUT2D eigenvalue weighted by Crippen LogP contribution is -1.98. The number of aldehydes is 2. The summed E-state index contributed by atoms with van der Waals surface area (Å²) in [6.45, 7) is 0. The molecule has 0 aliphatic rings. The van der Waals surface area contributed by atoms with Crippen LogP contribution in [-0.2, 0) is 0 Å². The number of benzene rings is 4. The van der Waals surface area contributed by atoms with E-state index in [1.807, 2.05) is 48.5 Å². The summed E-state index contributed by atoms with van der Waals surface area (Å²) >= 11 is 0. The summed E-state index contributed by atoms with van der Waals surface area (Å²) in [6, 6.07) is 18.9. The molecule has 138 valence electrons. The molecule has 0 saturated carbocycles. The first-order valence-corrected chi connectivity index (χ1v) is 8.83. The molecule has 4 heteroatoms. The van der Waals surface area contributed by atoms with Crippen LogP contribution in [0.2, 0.25) is 0 Å². The van der Waals surface area contributed by atoms with Gasteiger partial charge in [-0.05, 0) is 33.7 Å². The van der Waals surface area contributed by atoms with Crippen LogP contribution < -0.4 is 9.47 Å². The molecular formula is C24H18O4. The smallest absolute Gasteiger partial charge is 0.150 e. The highest BCUT2D eigenvalue weighted by molar-refractivity contribution is 6.15. The lowest BCUT2D eigenvalue weighted by molar-refractivity contribution is 0.111. The molecule has 0 N–H and O–H groups in total. The number of carbonyl (C=O) groups excluding carboxylic acids is 2. The van der Waals surface area contributed by atoms with Crippen molar-refractivity contribution in [2.45, 2.75) is 0 Å². The van der Waals surface area contributed by atoms with Gasteiger partial charge in [0.15, 0.2) is 12.6 Å². The Morgan fingerprint density at radius 1 is 0.607 bits per heavy atom. The van der Waals surface area contributed by atoms with Crippen LogP contribution >= 0.6 is 0 Å². The molecule has 0 aromatic heterocycles. The van der Waals surface area contributed by atoms with Gasteiger partial charge in [0.2, 0.25) is 0 Å². The fraction of sp³-hybridized carbons (Fsp3) is 0.0833. The molecule has 28 heavy (non-hydrogen) atoms. The topological polar surface area (TPSA) is 52.6 Å². The van der Waals surface area contributed by atoms with Crippen LogP contribution in [0, 0.1) is 0 Å². The van der Waals surface area contributed by atoms with E-state index in [-0.39, 0.29) is 0 Å². The number of rotatable bonds is 5. The fourth-order valence-electron chi connectivity index (χ4n) is 3.79. The van der Waals surface area contributed by atoms with E-state index < -0.39 is 0 Å². The predicted molar refractivity (Wildman–Crippen MR) is 111 cm³/mol. The van der Waals surface area contributed by atoms with Gasteiger partial charge in [0.25, 0.3) is 0 Å². The van der Waals surface area contributed by atoms with Crippen LogP contribution in [0.5, 0.6) is 11.5 Å². The van der Waals surface area contributed by atoms with E-state index in [0.29, 0.717) is 22.6 Å². The van der Waals surface area contributed by atoms with Gasteiger partial charge >= 0.3 is 0 Å². The second-order valence-corrected chi connectivity index (χ2v) is 6.41. The highest BCUT2D eigenvalue weighted by Gasteiger charge is 2.21. The predicted octanol–water partition coefficient (Wildman–Crippen LogP) is 5.30. The van der Waals surface area contributed by atoms with E-state index in [1.54, 1.807) is 26.4 Å². The monoisotopic (exact) mass is 370 g/mol. The number of hydrogen-bond donors (Lipinski definition) is 0. The number of ether oxygens (including phenoxy) is 2. The third kappa shape index (κ3) is 2.62. The minimum absolute atomic E-state index is 0.559. The molecule has 0 heterocycles. The number of carbonyl (C=O) groups is 2. The highest BCUT2D eigenvalue weighted by Crippen LogP contribution is 2.46. The van der Waals surface area contributed by atoms with Crippen molar-refractivity contribution in [1.82, 2.24) is 0 Å². The van der Waals surface area contributed by atoms with Gasteiger partial charge in [-0.2, -0.15) is 0 Å². The van der Waals surface area contributed by atoms with E-state index in [2.05, 4.69) is 0 Å². The Kier molecular flexibility index (Phi) is 4.53. The molecule has 0 unspecified atom stereocenters. The quantitative estimate of drug-likeness (QED) is 0.447. The molecule has 0 aliphatic carbocycles. The summed E-state index contributed by atoms with van der Waals surface area (Å²) in [6.07, 6.45) is 1.67. The van der Waals surface area contributed by atoms with Crippen molar-refractivity contribution in [3.8, 4) is 22.6 Å². The summed E-state index contributed by atoms with van der Waals surface area (Å²) in [7, 11) is 3.16. The lowest BCUT2D eigenvalue weighted by atomic mass is 9.89. The molecule has 0 spiro atoms. The third-order valence-electron chi connectivity index (χ3n) is 5.02. The van der Waals surface area contributed by atoms with Crippen molar-refractivity contribution >= 4 is 34.1 Å². The van der Waals surface area contributed by atoms with Crippen LogP contribution in [-0.4, -0.2) is 26.8 Å². The number of methoxy groups -OCH3 is 2. The summed E-state index contributed by atoms with van der Waals surface area (Å²) in [5, 5.41) is 3.43. The van der Waals surface area contributed by atoms with Crippen LogP contribution in [0.1, 0.15) is 20.7 Å². The second kappa shape index (κ2) is 7.16. The summed E-state index contributed by atoms with van der Waals surface area (Å²) in [5.41, 5.74) is 2.77. The molecular weight excluding hydrogens is 352 g/mol. The van der Waals surface area contributed by atoms with Crippen molar-refractivity contribution in [1.29, 1.82) is 0 Å². The molecule has 0 amide bonds. The van der Waals surface area contributed by atoms with Crippen LogP contribution in [0.25, 0.3) is 32.7 Å². The maximum atomic E-state index is 11.6. The Hall–Kier alpha value is -3.66. The van der Waals surface area contributed by atoms with E-state index >= 15 is 0 Å². The maximum absolute atomic E-state index is 11.6. The van der Waals surface area contributed by atoms with E-state index in [1.165, 1.54) is 0 Å². The molecule has 4 nitrogen and oxygen atoms in total. The molecule has 0 saturated heterocycles. The highest BCUT2D eigenvalue weighted by atomic mass is 16.5. The van der Waals surface area contributed by atoms with Gasteiger partial charge in [-0.25, -0.2) is 0 Å². The van der Waals surface area contributed by atoms with Gasteiger partial charge in [-0.3, -0.25) is 9.59 Å². The summed E-state index contributed by atoms with van der Waals surface area (Å²) < 4.78 is 11.3. The zero-order chi connectivity index (χ0) is 19.7. The minimum atomic E-state index is 0.559. The van der Waals surface area contributed by atoms with E-state index in [4.69, 9.17) is 9.47 Å². The van der Waals surface area contributed by atoms with Gasteiger partial charge in [0, 0.05) is 22.3 Å². The lowest BCUT2D eigenvalue weighted by Gasteiger charge is -2.19. The van der Waals surface area contributed by atoms with Crippen molar-refractivity contribution < 1.29 is 19.1 Å². The second-order valence-electron chi connectivity index (χ2n) is 6.41. The van der Waals surface area contributed by atoms with E-state index in [0.717, 1.165) is 45.2 Å². The van der Waals surface area contributed by atoms with Crippen LogP contribution in [0.4, 0.5) is 0 Å². The first kappa shape index (κ1) is 17.7. The normalized spacial score (nSPS) is 10.8. The molecule has 0 aliphatic heterocycles. The summed E-state index contributed by atoms with van der Waals surface area (Å²) in [4.78, 5) is 23.3. The van der Waals surface area contributed by atoms with Crippen molar-refractivity contribution in [3.63, 3.8) is 0 Å². The molecule has 4 rings (SSSR count). The molecule has 4 aromatic carbocycles. The average Bonchev–Trinajstić information content (AvgIpc) is 2.77. The molecule has 4 aromatic rings. The molecule has 0 fully saturated rings. The van der Waals surface area contributed by atoms with Gasteiger partial charge in [0.1, 0.15) is 11.5 Å². The van der Waals surface area contributed by atoms with Gasteiger partial charge in [-0.1, -0.05) is 48.5 Å². The average molecular weight is 370 g/mol. The van der Waals surface area contributed by atoms with Crippen LogP contribution in [0.3, 0.4) is 0 Å². The Morgan fingerprint density at radius 2 is 0.964 bits per heavy atom. The first-order valence-electron chi connectivity index (χ1n) is 8.83. The molecule has 0 atom stereocenters. The minimum Gasteiger partial charge on any atom is -0.496 e. The molecule has 0 bridgehead atoms. The van der Waals surface area contributed by atoms with Gasteiger partial charge < -0.3 is 9.47 Å². The summed E-state index contributed by atoms with van der Waals surface area (Å²) in [5.74, 6) is 1.14. The maximum Gasteiger partial charge on any atom is 0.150 e. The Labute approximate surface area is 162 Å². The van der Waals surface area contributed by atoms with Crippen LogP contribution in [0.15, 0.2) is 60.7 Å². The SMILES string of the molecule is COc1cc(C=O)c2ccccc2c1-c1c(OC)cc(C=O)c2ccccc12. The Bertz CT molecular complexity index is 1130. The zero-order valence-corrected chi connectivity index (χ0v) is 15.6. The standard InChI is InChI=1S/C24H18O4/c1-27-21-11-15(13-25)17-7-3-5-9-19(17)23(21)24-20-10-6-4-8-18(20)16(14-26)12-22(24)28-2/h3-14H,1-2H3. The third-order valence-corrected chi connectivity index (χ3v) is 5.02. The Morgan fingerprint density at radius 3 is 1.29 bits per heavy atom. The largest absolute Gasteiger partial charge is 0.496 e. The van der Waals surface area contributed by atoms with Gasteiger partial charge in [0.05, 0.1) is 14.2 Å². The van der Waals surface area contributed by atoms with Crippen molar-refractivity contribution in [3.05, 3.63) is 71.8 Å². The van der Waals surface area contributed by atoms with Gasteiger partial charge in [-0.15, -0.1) is 0 Å². The zero-order valence-electron chi connectivity index (χ0n) is 15.6. The fourth-order valence-corrected chi connectivity index (χ4v) is 3.79. The number of hydrogen-bond acceptors (Lipinski definition) is 4. The first-order chi connectivity index (χ1) is 13.7.